The van der Waals surface area contributed by atoms with Gasteiger partial charge in [0.05, 0.1) is 5.69 Å². The van der Waals surface area contributed by atoms with Crippen LogP contribution in [0.1, 0.15) is 105 Å². The van der Waals surface area contributed by atoms with E-state index in [0.29, 0.717) is 0 Å². The summed E-state index contributed by atoms with van der Waals surface area (Å²) in [7, 11) is 0. The van der Waals surface area contributed by atoms with E-state index in [2.05, 4.69) is 74.9 Å². The van der Waals surface area contributed by atoms with Crippen LogP contribution in [0.3, 0.4) is 0 Å². The molecule has 0 bridgehead atoms. The quantitative estimate of drug-likeness (QED) is 0.395. The molecular weight excluding hydrogens is 434 g/mol. The second kappa shape index (κ2) is 11.6. The first kappa shape index (κ1) is 27.2. The van der Waals surface area contributed by atoms with Gasteiger partial charge in [0.15, 0.2) is 5.13 Å². The molecule has 1 aliphatic heterocycles. The van der Waals surface area contributed by atoms with Gasteiger partial charge in [-0.05, 0) is 79.6 Å². The Bertz CT molecular complexity index is 900. The lowest BCUT2D eigenvalue weighted by Gasteiger charge is -2.42. The van der Waals surface area contributed by atoms with E-state index in [-0.39, 0.29) is 10.8 Å². The third-order valence-electron chi connectivity index (χ3n) is 7.91. The molecular formula is C30H49N3S. The van der Waals surface area contributed by atoms with E-state index >= 15 is 0 Å². The van der Waals surface area contributed by atoms with E-state index in [9.17, 15) is 0 Å². The van der Waals surface area contributed by atoms with Crippen molar-refractivity contribution in [2.75, 3.05) is 31.1 Å². The molecule has 34 heavy (non-hydrogen) atoms. The minimum absolute atomic E-state index is 0.241. The third kappa shape index (κ3) is 5.87. The molecule has 0 saturated carbocycles. The van der Waals surface area contributed by atoms with Gasteiger partial charge >= 0.3 is 0 Å². The Labute approximate surface area is 214 Å². The van der Waals surface area contributed by atoms with Crippen molar-refractivity contribution < 1.29 is 0 Å². The summed E-state index contributed by atoms with van der Waals surface area (Å²) in [6, 6.07) is 7.87. The molecule has 4 rings (SSSR count). The zero-order valence-corrected chi connectivity index (χ0v) is 24.0. The predicted molar refractivity (Wildman–Crippen MR) is 152 cm³/mol. The summed E-state index contributed by atoms with van der Waals surface area (Å²) in [5.74, 6) is 0. The van der Waals surface area contributed by atoms with E-state index < -0.39 is 0 Å². The minimum Gasteiger partial charge on any atom is -0.348 e. The standard InChI is InChI=1S/C28H43N3S.C2H6/c1-7-15-30(16-8-2)22-11-17-31(18-12-22)26-29-25(20-32-26)21-9-10-23-24(19-21)28(5,6)14-13-27(23,3)4;1-2/h9-10,19-20,22H,7-8,11-18H2,1-6H3;1-2H3. The highest BCUT2D eigenvalue weighted by molar-refractivity contribution is 7.14. The van der Waals surface area contributed by atoms with Crippen molar-refractivity contribution in [2.45, 2.75) is 111 Å². The monoisotopic (exact) mass is 483 g/mol. The Morgan fingerprint density at radius 3 is 2.12 bits per heavy atom. The summed E-state index contributed by atoms with van der Waals surface area (Å²) in [5.41, 5.74) is 5.98. The molecule has 1 aliphatic carbocycles. The largest absolute Gasteiger partial charge is 0.348 e. The van der Waals surface area contributed by atoms with Gasteiger partial charge in [-0.25, -0.2) is 4.98 Å². The molecule has 2 heterocycles. The molecule has 0 radical (unpaired) electrons. The number of anilines is 1. The van der Waals surface area contributed by atoms with Crippen LogP contribution in [0, 0.1) is 0 Å². The van der Waals surface area contributed by atoms with Gasteiger partial charge in [-0.1, -0.05) is 67.5 Å². The lowest BCUT2D eigenvalue weighted by atomic mass is 9.63. The average molecular weight is 484 g/mol. The van der Waals surface area contributed by atoms with Gasteiger partial charge in [0.1, 0.15) is 0 Å². The Morgan fingerprint density at radius 1 is 0.941 bits per heavy atom. The first-order valence-electron chi connectivity index (χ1n) is 13.8. The summed E-state index contributed by atoms with van der Waals surface area (Å²) in [6.45, 7) is 23.0. The molecule has 4 heteroatoms. The van der Waals surface area contributed by atoms with Gasteiger partial charge in [-0.2, -0.15) is 0 Å². The minimum atomic E-state index is 0.241. The first-order chi connectivity index (χ1) is 16.2. The van der Waals surface area contributed by atoms with Crippen molar-refractivity contribution in [1.29, 1.82) is 0 Å². The smallest absolute Gasteiger partial charge is 0.185 e. The molecule has 3 nitrogen and oxygen atoms in total. The lowest BCUT2D eigenvalue weighted by Crippen LogP contribution is -2.45. The van der Waals surface area contributed by atoms with Crippen LogP contribution in [0.25, 0.3) is 11.3 Å². The topological polar surface area (TPSA) is 19.4 Å². The summed E-state index contributed by atoms with van der Waals surface area (Å²) < 4.78 is 0. The fraction of sp³-hybridized carbons (Fsp3) is 0.700. The molecule has 0 N–H and O–H groups in total. The molecule has 0 amide bonds. The number of rotatable bonds is 7. The van der Waals surface area contributed by atoms with Crippen molar-refractivity contribution >= 4 is 16.5 Å². The van der Waals surface area contributed by atoms with Crippen molar-refractivity contribution in [1.82, 2.24) is 9.88 Å². The van der Waals surface area contributed by atoms with Gasteiger partial charge < -0.3 is 9.80 Å². The van der Waals surface area contributed by atoms with E-state index in [1.807, 2.05) is 25.2 Å². The van der Waals surface area contributed by atoms with E-state index in [1.54, 1.807) is 0 Å². The number of nitrogens with zero attached hydrogens (tertiary/aromatic N) is 3. The lowest BCUT2D eigenvalue weighted by molar-refractivity contribution is 0.169. The summed E-state index contributed by atoms with van der Waals surface area (Å²) in [4.78, 5) is 10.4. The zero-order valence-electron chi connectivity index (χ0n) is 23.2. The summed E-state index contributed by atoms with van der Waals surface area (Å²) in [6.07, 6.45) is 7.54. The number of aromatic nitrogens is 1. The number of thiazole rings is 1. The molecule has 1 aromatic carbocycles. The maximum Gasteiger partial charge on any atom is 0.185 e. The van der Waals surface area contributed by atoms with Crippen molar-refractivity contribution in [3.05, 3.63) is 34.7 Å². The fourth-order valence-electron chi connectivity index (χ4n) is 5.76. The van der Waals surface area contributed by atoms with Crippen molar-refractivity contribution in [3.8, 4) is 11.3 Å². The van der Waals surface area contributed by atoms with Crippen molar-refractivity contribution in [2.24, 2.45) is 0 Å². The Morgan fingerprint density at radius 2 is 1.53 bits per heavy atom. The highest BCUT2D eigenvalue weighted by Crippen LogP contribution is 2.47. The van der Waals surface area contributed by atoms with Gasteiger partial charge in [-0.3, -0.25) is 0 Å². The normalized spacial score (nSPS) is 19.5. The second-order valence-electron chi connectivity index (χ2n) is 11.3. The maximum absolute atomic E-state index is 5.11. The Hall–Kier alpha value is -1.39. The van der Waals surface area contributed by atoms with Crippen LogP contribution in [-0.2, 0) is 10.8 Å². The molecule has 1 aromatic heterocycles. The third-order valence-corrected chi connectivity index (χ3v) is 8.82. The SMILES string of the molecule is CC.CCCN(CCC)C1CCN(c2nc(-c3ccc4c(c3)C(C)(C)CCC4(C)C)cs2)CC1. The molecule has 190 valence electrons. The number of hydrogen-bond donors (Lipinski definition) is 0. The van der Waals surface area contributed by atoms with E-state index in [0.717, 1.165) is 24.8 Å². The van der Waals surface area contributed by atoms with Gasteiger partial charge in [-0.15, -0.1) is 11.3 Å². The van der Waals surface area contributed by atoms with Crippen LogP contribution in [0.2, 0.25) is 0 Å². The van der Waals surface area contributed by atoms with Gasteiger partial charge in [0.25, 0.3) is 0 Å². The van der Waals surface area contributed by atoms with Crippen LogP contribution < -0.4 is 4.90 Å². The molecule has 1 saturated heterocycles. The average Bonchev–Trinajstić information content (AvgIpc) is 3.34. The van der Waals surface area contributed by atoms with E-state index in [4.69, 9.17) is 4.98 Å². The summed E-state index contributed by atoms with van der Waals surface area (Å²) in [5, 5.41) is 3.47. The van der Waals surface area contributed by atoms with E-state index in [1.165, 1.54) is 73.4 Å². The molecule has 0 atom stereocenters. The molecule has 0 unspecified atom stereocenters. The molecule has 1 fully saturated rings. The highest BCUT2D eigenvalue weighted by atomic mass is 32.1. The number of hydrogen-bond acceptors (Lipinski definition) is 4. The highest BCUT2D eigenvalue weighted by Gasteiger charge is 2.37. The predicted octanol–water partition coefficient (Wildman–Crippen LogP) is 8.28. The first-order valence-corrected chi connectivity index (χ1v) is 14.7. The fourth-order valence-corrected chi connectivity index (χ4v) is 6.65. The van der Waals surface area contributed by atoms with Gasteiger partial charge in [0.2, 0.25) is 0 Å². The molecule has 0 spiro atoms. The number of benzene rings is 1. The van der Waals surface area contributed by atoms with Crippen LogP contribution in [-0.4, -0.2) is 42.1 Å². The second-order valence-corrected chi connectivity index (χ2v) is 12.1. The Kier molecular flexibility index (Phi) is 9.25. The Balaban J connectivity index is 0.00000158. The van der Waals surface area contributed by atoms with Gasteiger partial charge in [0, 0.05) is 30.1 Å². The van der Waals surface area contributed by atoms with Crippen LogP contribution in [0.4, 0.5) is 5.13 Å². The maximum atomic E-state index is 5.11. The zero-order chi connectivity index (χ0) is 24.9. The van der Waals surface area contributed by atoms with Crippen molar-refractivity contribution in [3.63, 3.8) is 0 Å². The van der Waals surface area contributed by atoms with Crippen LogP contribution in [0.5, 0.6) is 0 Å². The molecule has 2 aliphatic rings. The number of fused-ring (bicyclic) bond motifs is 1. The van der Waals surface area contributed by atoms with Crippen LogP contribution in [0.15, 0.2) is 23.6 Å². The molecule has 2 aromatic rings. The number of piperidine rings is 1. The summed E-state index contributed by atoms with van der Waals surface area (Å²) >= 11 is 1.82. The van der Waals surface area contributed by atoms with Crippen LogP contribution >= 0.6 is 11.3 Å².